The van der Waals surface area contributed by atoms with Gasteiger partial charge in [0.15, 0.2) is 11.5 Å². The summed E-state index contributed by atoms with van der Waals surface area (Å²) >= 11 is 0. The molecule has 1 saturated heterocycles. The topological polar surface area (TPSA) is 70.0 Å². The minimum Gasteiger partial charge on any atom is -0.504 e. The first-order valence-corrected chi connectivity index (χ1v) is 11.2. The number of ether oxygens (including phenoxy) is 1. The summed E-state index contributed by atoms with van der Waals surface area (Å²) in [6.07, 6.45) is 7.76. The summed E-state index contributed by atoms with van der Waals surface area (Å²) < 4.78 is 5.60. The van der Waals surface area contributed by atoms with Crippen LogP contribution in [-0.4, -0.2) is 39.8 Å². The summed E-state index contributed by atoms with van der Waals surface area (Å²) in [6, 6.07) is 14.8. The Labute approximate surface area is 184 Å². The molecule has 5 nitrogen and oxygen atoms in total. The number of hydrogen-bond donors (Lipinski definition) is 2. The van der Waals surface area contributed by atoms with Crippen LogP contribution in [0.5, 0.6) is 11.5 Å². The van der Waals surface area contributed by atoms with Gasteiger partial charge in [-0.2, -0.15) is 0 Å². The summed E-state index contributed by atoms with van der Waals surface area (Å²) in [7, 11) is 0. The molecule has 0 unspecified atom stereocenters. The number of phenolic OH excluding ortho intramolecular Hbond substituents is 1. The van der Waals surface area contributed by atoms with Crippen molar-refractivity contribution >= 4 is 12.0 Å². The number of benzene rings is 2. The molecule has 1 aliphatic heterocycles. The van der Waals surface area contributed by atoms with Crippen LogP contribution in [0.25, 0.3) is 6.08 Å². The van der Waals surface area contributed by atoms with Crippen molar-refractivity contribution in [1.29, 1.82) is 0 Å². The Morgan fingerprint density at radius 1 is 1.19 bits per heavy atom. The first kappa shape index (κ1) is 21.4. The number of carbonyl (C=O) groups excluding carboxylic acids is 1. The monoisotopic (exact) mass is 421 g/mol. The summed E-state index contributed by atoms with van der Waals surface area (Å²) in [4.78, 5) is 15.2. The van der Waals surface area contributed by atoms with Gasteiger partial charge in [-0.1, -0.05) is 49.2 Å². The highest BCUT2D eigenvalue weighted by Gasteiger charge is 2.50. The zero-order valence-corrected chi connectivity index (χ0v) is 18.0. The Bertz CT molecular complexity index is 942. The molecule has 2 aromatic carbocycles. The molecular weight excluding hydrogens is 390 g/mol. The smallest absolute Gasteiger partial charge is 0.247 e. The molecular formula is C26H31NO4. The molecule has 2 aliphatic rings. The number of piperidine rings is 1. The second-order valence-corrected chi connectivity index (χ2v) is 8.59. The molecule has 31 heavy (non-hydrogen) atoms. The number of phenols is 1. The number of carbonyl (C=O) groups is 1. The fourth-order valence-electron chi connectivity index (χ4n) is 5.15. The lowest BCUT2D eigenvalue weighted by Crippen LogP contribution is -2.56. The standard InChI is InChI=1S/C26H31NO4/c1-2-31-23-18-20(12-13-22(23)28)25-21-10-6-7-15-26(21,30)16-17-27(25)24(29)14-11-19-8-4-3-5-9-19/h3-5,8-9,11-14,18,21,25,28,30H,2,6-7,10,15-17H2,1H3/b14-11+/t21-,25-,26+/m1/s1. The molecule has 0 radical (unpaired) electrons. The van der Waals surface area contributed by atoms with Gasteiger partial charge in [-0.25, -0.2) is 0 Å². The van der Waals surface area contributed by atoms with Gasteiger partial charge in [0, 0.05) is 18.5 Å². The molecule has 0 aromatic heterocycles. The second-order valence-electron chi connectivity index (χ2n) is 8.59. The number of hydrogen-bond acceptors (Lipinski definition) is 4. The molecule has 1 heterocycles. The van der Waals surface area contributed by atoms with E-state index in [4.69, 9.17) is 4.74 Å². The van der Waals surface area contributed by atoms with E-state index in [1.165, 1.54) is 0 Å². The number of amides is 1. The van der Waals surface area contributed by atoms with Gasteiger partial charge >= 0.3 is 0 Å². The molecule has 2 fully saturated rings. The molecule has 2 N–H and O–H groups in total. The average molecular weight is 422 g/mol. The van der Waals surface area contributed by atoms with Crippen LogP contribution < -0.4 is 4.74 Å². The number of fused-ring (bicyclic) bond motifs is 1. The van der Waals surface area contributed by atoms with Gasteiger partial charge in [-0.15, -0.1) is 0 Å². The van der Waals surface area contributed by atoms with Crippen LogP contribution in [0.2, 0.25) is 0 Å². The zero-order chi connectivity index (χ0) is 21.8. The van der Waals surface area contributed by atoms with E-state index in [1.807, 2.05) is 60.4 Å². The molecule has 5 heteroatoms. The minimum atomic E-state index is -0.757. The van der Waals surface area contributed by atoms with Gasteiger partial charge < -0.3 is 19.8 Å². The van der Waals surface area contributed by atoms with E-state index in [2.05, 4.69) is 0 Å². The van der Waals surface area contributed by atoms with Gasteiger partial charge in [0.25, 0.3) is 0 Å². The third kappa shape index (κ3) is 4.47. The van der Waals surface area contributed by atoms with Crippen molar-refractivity contribution in [1.82, 2.24) is 4.90 Å². The molecule has 2 aromatic rings. The van der Waals surface area contributed by atoms with E-state index >= 15 is 0 Å². The Kier molecular flexibility index (Phi) is 6.33. The van der Waals surface area contributed by atoms with Gasteiger partial charge in [0.1, 0.15) is 0 Å². The molecule has 1 saturated carbocycles. The first-order valence-electron chi connectivity index (χ1n) is 11.2. The maximum Gasteiger partial charge on any atom is 0.247 e. The van der Waals surface area contributed by atoms with E-state index in [1.54, 1.807) is 12.1 Å². The Hall–Kier alpha value is -2.79. The predicted molar refractivity (Wildman–Crippen MR) is 121 cm³/mol. The molecule has 3 atom stereocenters. The fourth-order valence-corrected chi connectivity index (χ4v) is 5.15. The van der Waals surface area contributed by atoms with Crippen LogP contribution >= 0.6 is 0 Å². The lowest BCUT2D eigenvalue weighted by atomic mass is 9.66. The van der Waals surface area contributed by atoms with Crippen LogP contribution in [0, 0.1) is 5.92 Å². The lowest BCUT2D eigenvalue weighted by Gasteiger charge is -2.52. The van der Waals surface area contributed by atoms with Gasteiger partial charge in [0.05, 0.1) is 18.2 Å². The van der Waals surface area contributed by atoms with Crippen LogP contribution in [-0.2, 0) is 4.79 Å². The number of aromatic hydroxyl groups is 1. The van der Waals surface area contributed by atoms with Crippen LogP contribution in [0.1, 0.15) is 56.2 Å². The van der Waals surface area contributed by atoms with E-state index in [0.29, 0.717) is 25.3 Å². The number of aliphatic hydroxyl groups is 1. The summed E-state index contributed by atoms with van der Waals surface area (Å²) in [5, 5.41) is 21.6. The highest BCUT2D eigenvalue weighted by atomic mass is 16.5. The largest absolute Gasteiger partial charge is 0.504 e. The zero-order valence-electron chi connectivity index (χ0n) is 18.0. The van der Waals surface area contributed by atoms with Gasteiger partial charge in [-0.3, -0.25) is 4.79 Å². The van der Waals surface area contributed by atoms with Crippen molar-refractivity contribution in [2.75, 3.05) is 13.2 Å². The highest BCUT2D eigenvalue weighted by Crippen LogP contribution is 2.50. The number of rotatable bonds is 5. The minimum absolute atomic E-state index is 0.0388. The summed E-state index contributed by atoms with van der Waals surface area (Å²) in [5.74, 6) is 0.398. The van der Waals surface area contributed by atoms with Crippen LogP contribution in [0.15, 0.2) is 54.6 Å². The molecule has 0 spiro atoms. The summed E-state index contributed by atoms with van der Waals surface area (Å²) in [6.45, 7) is 2.81. The molecule has 164 valence electrons. The van der Waals surface area contributed by atoms with E-state index in [0.717, 1.165) is 36.8 Å². The van der Waals surface area contributed by atoms with E-state index in [9.17, 15) is 15.0 Å². The molecule has 0 bridgehead atoms. The highest BCUT2D eigenvalue weighted by molar-refractivity contribution is 5.92. The van der Waals surface area contributed by atoms with Gasteiger partial charge in [0.2, 0.25) is 5.91 Å². The quantitative estimate of drug-likeness (QED) is 0.687. The predicted octanol–water partition coefficient (Wildman–Crippen LogP) is 4.70. The van der Waals surface area contributed by atoms with E-state index < -0.39 is 5.60 Å². The van der Waals surface area contributed by atoms with Crippen molar-refractivity contribution in [3.8, 4) is 11.5 Å². The van der Waals surface area contributed by atoms with E-state index in [-0.39, 0.29) is 23.6 Å². The maximum absolute atomic E-state index is 13.3. The second kappa shape index (κ2) is 9.15. The molecule has 4 rings (SSSR count). The first-order chi connectivity index (χ1) is 15.0. The third-order valence-corrected chi connectivity index (χ3v) is 6.69. The lowest BCUT2D eigenvalue weighted by molar-refractivity contribution is -0.150. The van der Waals surface area contributed by atoms with Crippen molar-refractivity contribution in [3.05, 3.63) is 65.7 Å². The maximum atomic E-state index is 13.3. The van der Waals surface area contributed by atoms with Crippen LogP contribution in [0.4, 0.5) is 0 Å². The number of nitrogens with zero attached hydrogens (tertiary/aromatic N) is 1. The number of likely N-dealkylation sites (tertiary alicyclic amines) is 1. The Morgan fingerprint density at radius 2 is 2.00 bits per heavy atom. The summed E-state index contributed by atoms with van der Waals surface area (Å²) in [5.41, 5.74) is 1.11. The SMILES string of the molecule is CCOc1cc([C@@H]2[C@H]3CCCC[C@]3(O)CCN2C(=O)/C=C/c2ccccc2)ccc1O. The average Bonchev–Trinajstić information content (AvgIpc) is 2.79. The Morgan fingerprint density at radius 3 is 2.77 bits per heavy atom. The molecule has 1 amide bonds. The Balaban J connectivity index is 1.69. The van der Waals surface area contributed by atoms with Gasteiger partial charge in [-0.05, 0) is 55.5 Å². The molecule has 1 aliphatic carbocycles. The third-order valence-electron chi connectivity index (χ3n) is 6.69. The fraction of sp³-hybridized carbons (Fsp3) is 0.423. The normalized spacial score (nSPS) is 25.9. The van der Waals surface area contributed by atoms with Crippen molar-refractivity contribution in [3.63, 3.8) is 0 Å². The van der Waals surface area contributed by atoms with Crippen molar-refractivity contribution in [2.45, 2.75) is 50.7 Å². The van der Waals surface area contributed by atoms with Crippen molar-refractivity contribution < 1.29 is 19.7 Å². The van der Waals surface area contributed by atoms with Crippen molar-refractivity contribution in [2.24, 2.45) is 5.92 Å². The van der Waals surface area contributed by atoms with Crippen LogP contribution in [0.3, 0.4) is 0 Å².